The number of nitrogens with zero attached hydrogens (tertiary/aromatic N) is 7. The topological polar surface area (TPSA) is 243 Å². The van der Waals surface area contributed by atoms with E-state index in [1.54, 1.807) is 13.8 Å². The van der Waals surface area contributed by atoms with Crippen LogP contribution in [0.25, 0.3) is 22.1 Å². The van der Waals surface area contributed by atoms with E-state index in [9.17, 15) is 24.0 Å². The summed E-state index contributed by atoms with van der Waals surface area (Å²) in [6, 6.07) is 19.2. The average Bonchev–Trinajstić information content (AvgIpc) is 1.92. The summed E-state index contributed by atoms with van der Waals surface area (Å²) in [5, 5.41) is 13.0. The molecule has 4 aromatic rings. The maximum absolute atomic E-state index is 14.2. The molecule has 8 fully saturated rings. The van der Waals surface area contributed by atoms with E-state index in [0.717, 1.165) is 72.8 Å². The van der Waals surface area contributed by atoms with Crippen molar-refractivity contribution in [2.75, 3.05) is 27.4 Å². The number of esters is 2. The molecule has 472 valence electrons. The summed E-state index contributed by atoms with van der Waals surface area (Å²) in [7, 11) is 2.86. The van der Waals surface area contributed by atoms with Crippen LogP contribution in [-0.4, -0.2) is 122 Å². The van der Waals surface area contributed by atoms with Gasteiger partial charge in [0, 0.05) is 67.1 Å². The standard InChI is InChI=1S/C32H44N4O4.C31H41N3O4.C2H4O2.CH5NO.ClH.Na/c1-3-40-30(37)15-14-28(34-39-2)31-32(38)36(29-11-7-6-10-27(29)33-31)26-19-23-12-13-24(20-26)35(23)25-17-21-8-4-5-9-22(16-21)18-25;1-2-38-29(36)14-13-28(35)30-31(37)34(27-10-6-5-9-26(27)32-30)25-18-22-11-12-23(19-25)33(22)24-16-20-7-3-4-8-21(15-20)17-24;1-2(3)4;1-3-2;;/h6-7,10-11,21-26H,3-5,8-9,12-20H2,1-2H3;5-6,9-10,20-25H,2-4,7-8,11-19H2,1H3;1H3,(H,3,4);2H2,1H3;1H;/q;;;;;+1/p-1/t21?,22?,23-,24+,25?,26?;20?,21?,22-,23+,24?,25?;;;;. The van der Waals surface area contributed by atoms with Crippen LogP contribution in [-0.2, 0) is 33.5 Å². The largest absolute Gasteiger partial charge is 1.00 e. The number of carbonyl (C=O) groups excluding carboxylic acids is 4. The molecule has 2 aromatic heterocycles. The van der Waals surface area contributed by atoms with Gasteiger partial charge in [0.2, 0.25) is 0 Å². The van der Waals surface area contributed by atoms with Crippen molar-refractivity contribution in [3.63, 3.8) is 0 Å². The second-order valence-electron chi connectivity index (χ2n) is 25.4. The Kier molecular flexibility index (Phi) is 26.9. The van der Waals surface area contributed by atoms with Crippen molar-refractivity contribution in [3.8, 4) is 0 Å². The van der Waals surface area contributed by atoms with E-state index >= 15 is 0 Å². The molecule has 87 heavy (non-hydrogen) atoms. The van der Waals surface area contributed by atoms with Gasteiger partial charge in [-0.05, 0) is 159 Å². The Morgan fingerprint density at radius 2 is 0.897 bits per heavy atom. The number of Topliss-reactive ketones (excluding diaryl/α,β-unsaturated/α-hetero) is 1. The smallest absolute Gasteiger partial charge is 0.550 e. The number of benzene rings is 2. The summed E-state index contributed by atoms with van der Waals surface area (Å²) < 4.78 is 13.9. The van der Waals surface area contributed by atoms with Crippen LogP contribution in [0.1, 0.15) is 216 Å². The number of carbonyl (C=O) groups is 4. The van der Waals surface area contributed by atoms with E-state index in [1.807, 2.05) is 57.7 Å². The molecule has 4 aliphatic carbocycles. The zero-order valence-electron chi connectivity index (χ0n) is 52.5. The quantitative estimate of drug-likeness (QED) is 0.0425. The third-order valence-electron chi connectivity index (χ3n) is 19.9. The average molecular weight is 1230 g/mol. The molecule has 8 aliphatic rings. The Hall–Kier alpha value is -4.60. The second kappa shape index (κ2) is 33.5. The summed E-state index contributed by atoms with van der Waals surface area (Å²) in [5.41, 5.74) is 3.29. The first kappa shape index (κ1) is 69.9. The summed E-state index contributed by atoms with van der Waals surface area (Å²) in [4.78, 5) is 97.8. The van der Waals surface area contributed by atoms with Gasteiger partial charge in [-0.2, -0.15) is 0 Å². The van der Waals surface area contributed by atoms with Gasteiger partial charge in [0.05, 0.1) is 55.2 Å². The predicted octanol–water partition coefficient (Wildman–Crippen LogP) is 6.75. The summed E-state index contributed by atoms with van der Waals surface area (Å²) >= 11 is 0. The van der Waals surface area contributed by atoms with Gasteiger partial charge in [-0.3, -0.25) is 33.8 Å². The van der Waals surface area contributed by atoms with Gasteiger partial charge in [0.1, 0.15) is 12.8 Å². The number of nitrogens with two attached hydrogens (primary N) is 1. The van der Waals surface area contributed by atoms with Gasteiger partial charge in [-0.15, -0.1) is 12.4 Å². The number of ether oxygens (including phenoxy) is 2. The Morgan fingerprint density at radius 3 is 1.28 bits per heavy atom. The van der Waals surface area contributed by atoms with Gasteiger partial charge in [-0.25, -0.2) is 15.9 Å². The Morgan fingerprint density at radius 1 is 0.540 bits per heavy atom. The number of aliphatic carboxylic acids is 1. The number of hydrogen-bond acceptors (Lipinski definition) is 17. The molecule has 6 heterocycles. The van der Waals surface area contributed by atoms with Crippen LogP contribution in [0.15, 0.2) is 63.3 Å². The van der Waals surface area contributed by atoms with Crippen molar-refractivity contribution in [2.45, 2.75) is 236 Å². The normalized spacial score (nSPS) is 28.2. The minimum Gasteiger partial charge on any atom is -0.550 e. The first-order valence-corrected chi connectivity index (χ1v) is 32.1. The minimum atomic E-state index is -1.08. The molecule has 2 aromatic carbocycles. The first-order valence-electron chi connectivity index (χ1n) is 32.1. The van der Waals surface area contributed by atoms with E-state index in [-0.39, 0.29) is 121 Å². The van der Waals surface area contributed by atoms with Gasteiger partial charge >= 0.3 is 41.5 Å². The Balaban J connectivity index is 0.000000220. The summed E-state index contributed by atoms with van der Waals surface area (Å²) in [6.07, 6.45) is 28.6. The number of ketones is 1. The fourth-order valence-corrected chi connectivity index (χ4v) is 16.9. The first-order chi connectivity index (χ1) is 41.2. The SMILES string of the molecule is CC(=O)[O-].CCOC(=O)CCC(=NOC)c1nc2ccccc2n(C2C[C@H]3CC[C@@H](C2)N3C2CC3CCCCC(C3)C2)c1=O.CCOC(=O)CCC(=O)c1nc2ccccc2n(C2C[C@H]3CC[C@@H](C2)N3C2CC3CCCCC(C3)C2)c1=O.CON.Cl.[Na+]. The summed E-state index contributed by atoms with van der Waals surface area (Å²) in [5.74, 6) is 5.75. The van der Waals surface area contributed by atoms with Gasteiger partial charge in [0.15, 0.2) is 17.2 Å². The Labute approximate surface area is 541 Å². The number of oxime groups is 1. The van der Waals surface area contributed by atoms with Crippen LogP contribution in [0.4, 0.5) is 0 Å². The van der Waals surface area contributed by atoms with Gasteiger partial charge in [0.25, 0.3) is 11.1 Å². The second-order valence-corrected chi connectivity index (χ2v) is 25.4. The number of halogens is 1. The molecule has 0 radical (unpaired) electrons. The van der Waals surface area contributed by atoms with Crippen molar-refractivity contribution < 1.29 is 73.0 Å². The van der Waals surface area contributed by atoms with Crippen LogP contribution in [0.2, 0.25) is 0 Å². The van der Waals surface area contributed by atoms with E-state index in [0.29, 0.717) is 54.1 Å². The van der Waals surface area contributed by atoms with Crippen molar-refractivity contribution >= 4 is 63.9 Å². The van der Waals surface area contributed by atoms with E-state index in [2.05, 4.69) is 30.7 Å². The number of piperidine rings is 2. The molecule has 21 heteroatoms. The van der Waals surface area contributed by atoms with Crippen LogP contribution in [0, 0.1) is 23.7 Å². The van der Waals surface area contributed by atoms with Gasteiger partial charge in [-0.1, -0.05) is 80.8 Å². The monoisotopic (exact) mass is 1230 g/mol. The molecule has 10 atom stereocenters. The van der Waals surface area contributed by atoms with Crippen molar-refractivity contribution in [3.05, 3.63) is 80.6 Å². The number of carboxylic acid groups (broad SMARTS) is 1. The molecule has 4 saturated heterocycles. The van der Waals surface area contributed by atoms with Gasteiger partial charge < -0.3 is 38.2 Å². The van der Waals surface area contributed by atoms with E-state index in [4.69, 9.17) is 29.2 Å². The van der Waals surface area contributed by atoms with Crippen molar-refractivity contribution in [2.24, 2.45) is 34.7 Å². The molecule has 6 unspecified atom stereocenters. The summed E-state index contributed by atoms with van der Waals surface area (Å²) in [6.45, 7) is 5.09. The molecule has 4 aliphatic heterocycles. The number of carboxylic acids is 1. The van der Waals surface area contributed by atoms with Crippen LogP contribution in [0.5, 0.6) is 0 Å². The van der Waals surface area contributed by atoms with Crippen LogP contribution >= 0.6 is 12.4 Å². The fraction of sp³-hybridized carbons (Fsp3) is 0.682. The molecular formula is C66H94ClN8NaO11. The number of rotatable bonds is 15. The molecule has 2 N–H and O–H groups in total. The molecule has 0 spiro atoms. The van der Waals surface area contributed by atoms with E-state index < -0.39 is 11.9 Å². The zero-order valence-corrected chi connectivity index (χ0v) is 55.3. The molecule has 8 bridgehead atoms. The Bertz CT molecular complexity index is 3050. The maximum Gasteiger partial charge on any atom is 1.00 e. The molecule has 12 rings (SSSR count). The number of hydrogen-bond donors (Lipinski definition) is 1. The number of fused-ring (bicyclic) bond motifs is 10. The van der Waals surface area contributed by atoms with Crippen molar-refractivity contribution in [1.82, 2.24) is 28.9 Å². The maximum atomic E-state index is 14.2. The van der Waals surface area contributed by atoms with Crippen LogP contribution < -0.4 is 51.7 Å². The number of aromatic nitrogens is 4. The molecule has 0 amide bonds. The molecule has 4 saturated carbocycles. The van der Waals surface area contributed by atoms with Crippen molar-refractivity contribution in [1.29, 1.82) is 0 Å². The molecule has 19 nitrogen and oxygen atoms in total. The number of para-hydroxylation sites is 4. The fourth-order valence-electron chi connectivity index (χ4n) is 16.9. The minimum absolute atomic E-state index is 0. The third-order valence-corrected chi connectivity index (χ3v) is 19.9. The predicted molar refractivity (Wildman–Crippen MR) is 331 cm³/mol. The van der Waals surface area contributed by atoms with E-state index in [1.165, 1.54) is 130 Å². The zero-order chi connectivity index (χ0) is 60.1. The third kappa shape index (κ3) is 17.3. The molecular weight excluding hydrogens is 1140 g/mol. The van der Waals surface area contributed by atoms with Crippen LogP contribution in [0.3, 0.4) is 0 Å².